The number of halogens is 3. The molecule has 3 rings (SSSR count). The number of nitrogens with two attached hydrogens (primary N) is 1. The maximum atomic E-state index is 6.27. The number of anilines is 1. The predicted molar refractivity (Wildman–Crippen MR) is 105 cm³/mol. The number of aromatic nitrogens is 2. The monoisotopic (exact) mass is 407 g/mol. The molecule has 1 aromatic heterocycles. The first-order chi connectivity index (χ1) is 10.9. The first-order valence-electron chi connectivity index (χ1n) is 7.77. The summed E-state index contributed by atoms with van der Waals surface area (Å²) in [6.07, 6.45) is 0. The van der Waals surface area contributed by atoms with E-state index >= 15 is 0 Å². The molecule has 2 heterocycles. The molecule has 0 radical (unpaired) electrons. The third-order valence-electron chi connectivity index (χ3n) is 3.97. The normalized spacial score (nSPS) is 15.4. The van der Waals surface area contributed by atoms with Crippen LogP contribution in [0.1, 0.15) is 25.6 Å². The molecule has 1 aromatic carbocycles. The number of hydrogen-bond donors (Lipinski definition) is 1. The Balaban J connectivity index is 0.00000156. The first-order valence-corrected chi connectivity index (χ1v) is 8.15. The van der Waals surface area contributed by atoms with Crippen LogP contribution in [0.5, 0.6) is 0 Å². The van der Waals surface area contributed by atoms with Gasteiger partial charge in [-0.1, -0.05) is 28.9 Å². The van der Waals surface area contributed by atoms with Crippen molar-refractivity contribution in [2.75, 3.05) is 31.1 Å². The number of hydrogen-bond acceptors (Lipinski definition) is 6. The standard InChI is InChI=1S/C16H22ClN5O.2ClH/c1-16(2,18)15-19-14(23-20-15)11-21-7-9-22(10-8-21)13-6-4-3-5-12(13)17;;/h3-6H,7-11,18H2,1-2H3;2*1H. The van der Waals surface area contributed by atoms with Gasteiger partial charge in [-0.3, -0.25) is 4.90 Å². The van der Waals surface area contributed by atoms with Gasteiger partial charge in [0.2, 0.25) is 5.89 Å². The van der Waals surface area contributed by atoms with E-state index in [9.17, 15) is 0 Å². The number of benzene rings is 1. The van der Waals surface area contributed by atoms with Gasteiger partial charge >= 0.3 is 0 Å². The summed E-state index contributed by atoms with van der Waals surface area (Å²) in [5.74, 6) is 1.16. The predicted octanol–water partition coefficient (Wildman–Crippen LogP) is 3.08. The Bertz CT molecular complexity index is 666. The summed E-state index contributed by atoms with van der Waals surface area (Å²) in [7, 11) is 0. The van der Waals surface area contributed by atoms with Crippen molar-refractivity contribution in [1.82, 2.24) is 15.0 Å². The van der Waals surface area contributed by atoms with Crippen molar-refractivity contribution >= 4 is 42.1 Å². The van der Waals surface area contributed by atoms with Gasteiger partial charge in [0.1, 0.15) is 0 Å². The highest BCUT2D eigenvalue weighted by molar-refractivity contribution is 6.33. The topological polar surface area (TPSA) is 71.4 Å². The van der Waals surface area contributed by atoms with Gasteiger partial charge in [-0.15, -0.1) is 24.8 Å². The highest BCUT2D eigenvalue weighted by atomic mass is 35.5. The number of nitrogens with zero attached hydrogens (tertiary/aromatic N) is 4. The fourth-order valence-electron chi connectivity index (χ4n) is 2.63. The minimum atomic E-state index is -0.579. The highest BCUT2D eigenvalue weighted by Gasteiger charge is 2.24. The summed E-state index contributed by atoms with van der Waals surface area (Å²) >= 11 is 6.27. The summed E-state index contributed by atoms with van der Waals surface area (Å²) in [6.45, 7) is 8.08. The zero-order chi connectivity index (χ0) is 16.4. The van der Waals surface area contributed by atoms with Crippen molar-refractivity contribution in [3.05, 3.63) is 41.0 Å². The van der Waals surface area contributed by atoms with Crippen LogP contribution in [0.3, 0.4) is 0 Å². The van der Waals surface area contributed by atoms with Crippen LogP contribution in [0.2, 0.25) is 5.02 Å². The second-order valence-corrected chi connectivity index (χ2v) is 6.86. The molecule has 0 saturated carbocycles. The zero-order valence-electron chi connectivity index (χ0n) is 14.3. The number of piperazine rings is 1. The smallest absolute Gasteiger partial charge is 0.240 e. The molecule has 1 saturated heterocycles. The van der Waals surface area contributed by atoms with E-state index in [1.54, 1.807) is 0 Å². The van der Waals surface area contributed by atoms with Crippen LogP contribution < -0.4 is 10.6 Å². The SMILES string of the molecule is CC(C)(N)c1noc(CN2CCN(c3ccccc3Cl)CC2)n1.Cl.Cl. The van der Waals surface area contributed by atoms with Crippen LogP contribution >= 0.6 is 36.4 Å². The van der Waals surface area contributed by atoms with E-state index in [1.165, 1.54) is 0 Å². The third-order valence-corrected chi connectivity index (χ3v) is 4.29. The second kappa shape index (κ2) is 9.05. The molecule has 0 unspecified atom stereocenters. The van der Waals surface area contributed by atoms with E-state index in [4.69, 9.17) is 21.9 Å². The second-order valence-electron chi connectivity index (χ2n) is 6.45. The Hall–Kier alpha value is -1.05. The van der Waals surface area contributed by atoms with Gasteiger partial charge < -0.3 is 15.2 Å². The van der Waals surface area contributed by atoms with Gasteiger partial charge in [-0.05, 0) is 26.0 Å². The lowest BCUT2D eigenvalue weighted by Crippen LogP contribution is -2.46. The minimum Gasteiger partial charge on any atom is -0.368 e. The summed E-state index contributed by atoms with van der Waals surface area (Å²) in [6, 6.07) is 7.96. The molecule has 9 heteroatoms. The third kappa shape index (κ3) is 5.46. The van der Waals surface area contributed by atoms with Crippen LogP contribution in [0.15, 0.2) is 28.8 Å². The number of para-hydroxylation sites is 1. The molecule has 0 amide bonds. The van der Waals surface area contributed by atoms with Crippen molar-refractivity contribution in [2.45, 2.75) is 25.9 Å². The van der Waals surface area contributed by atoms with Crippen LogP contribution in [0.4, 0.5) is 5.69 Å². The van der Waals surface area contributed by atoms with Crippen LogP contribution in [0, 0.1) is 0 Å². The maximum absolute atomic E-state index is 6.27. The van der Waals surface area contributed by atoms with Crippen LogP contribution in [-0.2, 0) is 12.1 Å². The molecule has 0 atom stereocenters. The molecule has 6 nitrogen and oxygen atoms in total. The molecule has 2 aromatic rings. The van der Waals surface area contributed by atoms with Gasteiger partial charge in [-0.2, -0.15) is 4.98 Å². The molecular weight excluding hydrogens is 385 g/mol. The quantitative estimate of drug-likeness (QED) is 0.838. The molecule has 0 aliphatic carbocycles. The Morgan fingerprint density at radius 3 is 2.36 bits per heavy atom. The van der Waals surface area contributed by atoms with E-state index in [0.29, 0.717) is 18.3 Å². The molecule has 1 aliphatic rings. The lowest BCUT2D eigenvalue weighted by molar-refractivity contribution is 0.215. The largest absolute Gasteiger partial charge is 0.368 e. The Kier molecular flexibility index (Phi) is 7.96. The maximum Gasteiger partial charge on any atom is 0.240 e. The van der Waals surface area contributed by atoms with Crippen LogP contribution in [-0.4, -0.2) is 41.2 Å². The average Bonchev–Trinajstić information content (AvgIpc) is 2.97. The molecule has 2 N–H and O–H groups in total. The summed E-state index contributed by atoms with van der Waals surface area (Å²) in [4.78, 5) is 8.99. The van der Waals surface area contributed by atoms with Crippen molar-refractivity contribution in [3.63, 3.8) is 0 Å². The summed E-state index contributed by atoms with van der Waals surface area (Å²) in [5.41, 5.74) is 6.50. The Morgan fingerprint density at radius 1 is 1.16 bits per heavy atom. The minimum absolute atomic E-state index is 0. The van der Waals surface area contributed by atoms with Gasteiger partial charge in [0.25, 0.3) is 0 Å². The van der Waals surface area contributed by atoms with Gasteiger partial charge in [0, 0.05) is 26.2 Å². The van der Waals surface area contributed by atoms with Crippen molar-refractivity contribution < 1.29 is 4.52 Å². The molecule has 0 spiro atoms. The molecule has 1 fully saturated rings. The first kappa shape index (κ1) is 22.0. The van der Waals surface area contributed by atoms with Gasteiger partial charge in [-0.25, -0.2) is 0 Å². The van der Waals surface area contributed by atoms with Crippen molar-refractivity contribution in [1.29, 1.82) is 0 Å². The average molecular weight is 409 g/mol. The zero-order valence-corrected chi connectivity index (χ0v) is 16.7. The molecular formula is C16H24Cl3N5O. The summed E-state index contributed by atoms with van der Waals surface area (Å²) < 4.78 is 5.31. The van der Waals surface area contributed by atoms with Gasteiger partial charge in [0.05, 0.1) is 22.8 Å². The van der Waals surface area contributed by atoms with Gasteiger partial charge in [0.15, 0.2) is 5.82 Å². The number of rotatable bonds is 4. The van der Waals surface area contributed by atoms with E-state index in [2.05, 4.69) is 26.0 Å². The lowest BCUT2D eigenvalue weighted by Gasteiger charge is -2.35. The van der Waals surface area contributed by atoms with E-state index in [0.717, 1.165) is 36.9 Å². The lowest BCUT2D eigenvalue weighted by atomic mass is 10.1. The van der Waals surface area contributed by atoms with E-state index < -0.39 is 5.54 Å². The van der Waals surface area contributed by atoms with E-state index in [1.807, 2.05) is 32.0 Å². The van der Waals surface area contributed by atoms with E-state index in [-0.39, 0.29) is 24.8 Å². The molecule has 140 valence electrons. The van der Waals surface area contributed by atoms with Crippen molar-refractivity contribution in [2.24, 2.45) is 5.73 Å². The van der Waals surface area contributed by atoms with Crippen molar-refractivity contribution in [3.8, 4) is 0 Å². The fraction of sp³-hybridized carbons (Fsp3) is 0.500. The molecule has 1 aliphatic heterocycles. The fourth-order valence-corrected chi connectivity index (χ4v) is 2.88. The molecule has 0 bridgehead atoms. The highest BCUT2D eigenvalue weighted by Crippen LogP contribution is 2.26. The molecule has 25 heavy (non-hydrogen) atoms. The van der Waals surface area contributed by atoms with Crippen LogP contribution in [0.25, 0.3) is 0 Å². The Morgan fingerprint density at radius 2 is 1.80 bits per heavy atom. The Labute approximate surface area is 165 Å². The summed E-state index contributed by atoms with van der Waals surface area (Å²) in [5, 5.41) is 4.76.